The molecule has 0 heterocycles. The molecule has 0 amide bonds. The number of fused-ring (bicyclic) bond motifs is 1. The van der Waals surface area contributed by atoms with E-state index in [1.54, 1.807) is 0 Å². The lowest BCUT2D eigenvalue weighted by Crippen LogP contribution is -2.11. The largest absolute Gasteiger partial charge is 0.0720 e. The van der Waals surface area contributed by atoms with Crippen molar-refractivity contribution in [1.82, 2.24) is 0 Å². The normalized spacial score (nSPS) is 17.5. The van der Waals surface area contributed by atoms with E-state index < -0.39 is 0 Å². The molecule has 0 aliphatic heterocycles. The minimum Gasteiger partial charge on any atom is -0.0720 e. The van der Waals surface area contributed by atoms with Crippen LogP contribution < -0.4 is 0 Å². The van der Waals surface area contributed by atoms with Crippen molar-refractivity contribution in [2.24, 2.45) is 0 Å². The summed E-state index contributed by atoms with van der Waals surface area (Å²) in [6, 6.07) is 17.7. The Morgan fingerprint density at radius 3 is 2.47 bits per heavy atom. The van der Waals surface area contributed by atoms with Crippen LogP contribution in [0, 0.1) is 0 Å². The lowest BCUT2D eigenvalue weighted by Gasteiger charge is -2.21. The van der Waals surface area contributed by atoms with Crippen molar-refractivity contribution in [2.45, 2.75) is 32.1 Å². The lowest BCUT2D eigenvalue weighted by atomic mass is 9.83. The van der Waals surface area contributed by atoms with Crippen LogP contribution >= 0.6 is 0 Å². The molecule has 2 aromatic rings. The summed E-state index contributed by atoms with van der Waals surface area (Å²) in [7, 11) is 0. The summed E-state index contributed by atoms with van der Waals surface area (Å²) in [4.78, 5) is 0. The molecule has 1 aliphatic rings. The molecule has 1 unspecified atom stereocenters. The molecular weight excluding hydrogens is 228 g/mol. The first-order valence-corrected chi connectivity index (χ1v) is 6.93. The number of rotatable bonds is 1. The zero-order chi connectivity index (χ0) is 13.5. The van der Waals surface area contributed by atoms with Gasteiger partial charge in [0.1, 0.15) is 0 Å². The molecule has 0 bridgehead atoms. The Morgan fingerprint density at radius 2 is 1.68 bits per heavy atom. The van der Waals surface area contributed by atoms with Gasteiger partial charge in [0.15, 0.2) is 0 Å². The highest BCUT2D eigenvalue weighted by atomic mass is 14.2. The molecule has 0 N–H and O–H groups in total. The lowest BCUT2D eigenvalue weighted by molar-refractivity contribution is 0.589. The molecule has 2 aromatic carbocycles. The number of hydrogen-bond acceptors (Lipinski definition) is 0. The van der Waals surface area contributed by atoms with Crippen LogP contribution in [-0.2, 0) is 5.41 Å². The molecule has 0 spiro atoms. The van der Waals surface area contributed by atoms with Crippen LogP contribution in [0.2, 0.25) is 0 Å². The van der Waals surface area contributed by atoms with E-state index in [-0.39, 0.29) is 5.41 Å². The molecule has 1 atom stereocenters. The summed E-state index contributed by atoms with van der Waals surface area (Å²) in [5, 5.41) is 0. The van der Waals surface area contributed by atoms with Gasteiger partial charge >= 0.3 is 0 Å². The maximum Gasteiger partial charge on any atom is 0.0278 e. The van der Waals surface area contributed by atoms with Crippen molar-refractivity contribution in [3.05, 3.63) is 76.9 Å². The second kappa shape index (κ2) is 4.38. The van der Waals surface area contributed by atoms with Crippen LogP contribution in [0.5, 0.6) is 0 Å². The number of hydrogen-bond donors (Lipinski definition) is 0. The van der Waals surface area contributed by atoms with Gasteiger partial charge in [0.05, 0.1) is 0 Å². The van der Waals surface area contributed by atoms with Crippen molar-refractivity contribution in [1.29, 1.82) is 0 Å². The Hall–Kier alpha value is -1.82. The van der Waals surface area contributed by atoms with E-state index in [0.717, 1.165) is 0 Å². The molecule has 0 saturated heterocycles. The minimum absolute atomic E-state index is 0.206. The van der Waals surface area contributed by atoms with Crippen LogP contribution in [0.4, 0.5) is 0 Å². The van der Waals surface area contributed by atoms with E-state index in [1.165, 1.54) is 22.3 Å². The van der Waals surface area contributed by atoms with Gasteiger partial charge in [0.2, 0.25) is 0 Å². The van der Waals surface area contributed by atoms with Crippen molar-refractivity contribution in [3.8, 4) is 0 Å². The smallest absolute Gasteiger partial charge is 0.0278 e. The fourth-order valence-electron chi connectivity index (χ4n) is 2.74. The quantitative estimate of drug-likeness (QED) is 0.655. The molecule has 0 saturated carbocycles. The zero-order valence-corrected chi connectivity index (χ0v) is 11.9. The van der Waals surface area contributed by atoms with Crippen molar-refractivity contribution >= 4 is 6.08 Å². The summed E-state index contributed by atoms with van der Waals surface area (Å²) >= 11 is 0. The third-order valence-electron chi connectivity index (χ3n) is 3.91. The zero-order valence-electron chi connectivity index (χ0n) is 11.9. The molecule has 3 rings (SSSR count). The van der Waals surface area contributed by atoms with E-state index in [0.29, 0.717) is 5.92 Å². The molecule has 19 heavy (non-hydrogen) atoms. The molecule has 0 nitrogen and oxygen atoms in total. The van der Waals surface area contributed by atoms with Gasteiger partial charge < -0.3 is 0 Å². The van der Waals surface area contributed by atoms with E-state index in [4.69, 9.17) is 0 Å². The maximum atomic E-state index is 2.36. The van der Waals surface area contributed by atoms with Crippen LogP contribution in [0.15, 0.2) is 54.6 Å². The van der Waals surface area contributed by atoms with Crippen LogP contribution in [0.1, 0.15) is 48.9 Å². The third kappa shape index (κ3) is 2.23. The Labute approximate surface area is 115 Å². The van der Waals surface area contributed by atoms with E-state index in [1.807, 2.05) is 0 Å². The number of allylic oxidation sites excluding steroid dienone is 1. The van der Waals surface area contributed by atoms with Crippen molar-refractivity contribution < 1.29 is 0 Å². The highest BCUT2D eigenvalue weighted by molar-refractivity contribution is 5.65. The molecule has 0 fully saturated rings. The van der Waals surface area contributed by atoms with Crippen LogP contribution in [0.25, 0.3) is 6.08 Å². The minimum atomic E-state index is 0.206. The van der Waals surface area contributed by atoms with Gasteiger partial charge in [-0.2, -0.15) is 0 Å². The molecular formula is C19H20. The predicted octanol–water partition coefficient (Wildman–Crippen LogP) is 5.14. The Morgan fingerprint density at radius 1 is 0.895 bits per heavy atom. The summed E-state index contributed by atoms with van der Waals surface area (Å²) in [6.45, 7) is 6.81. The van der Waals surface area contributed by atoms with E-state index >= 15 is 0 Å². The topological polar surface area (TPSA) is 0 Å². The van der Waals surface area contributed by atoms with Gasteiger partial charge in [-0.3, -0.25) is 0 Å². The summed E-state index contributed by atoms with van der Waals surface area (Å²) in [5.74, 6) is 0.415. The Balaban J connectivity index is 2.03. The van der Waals surface area contributed by atoms with Gasteiger partial charge in [-0.05, 0) is 27.7 Å². The van der Waals surface area contributed by atoms with Gasteiger partial charge in [-0.25, -0.2) is 0 Å². The standard InChI is InChI=1S/C19H20/c1-19(2,3)16-9-6-8-15(13-16)18-12-11-14-7-4-5-10-17(14)18/h4-13,18H,1-3H3. The summed E-state index contributed by atoms with van der Waals surface area (Å²) in [6.07, 6.45) is 4.55. The van der Waals surface area contributed by atoms with Gasteiger partial charge in [0, 0.05) is 5.92 Å². The van der Waals surface area contributed by atoms with E-state index in [2.05, 4.69) is 81.5 Å². The average Bonchev–Trinajstić information content (AvgIpc) is 2.82. The van der Waals surface area contributed by atoms with Gasteiger partial charge in [0.25, 0.3) is 0 Å². The van der Waals surface area contributed by atoms with Gasteiger partial charge in [-0.1, -0.05) is 81.5 Å². The second-order valence-corrected chi connectivity index (χ2v) is 6.34. The molecule has 0 heteroatoms. The van der Waals surface area contributed by atoms with Crippen molar-refractivity contribution in [2.75, 3.05) is 0 Å². The third-order valence-corrected chi connectivity index (χ3v) is 3.91. The Bertz CT molecular complexity index is 626. The maximum absolute atomic E-state index is 2.36. The summed E-state index contributed by atoms with van der Waals surface area (Å²) in [5.41, 5.74) is 5.79. The molecule has 1 aliphatic carbocycles. The van der Waals surface area contributed by atoms with Crippen LogP contribution in [-0.4, -0.2) is 0 Å². The SMILES string of the molecule is CC(C)(C)c1cccc(C2C=Cc3ccccc32)c1. The Kier molecular flexibility index (Phi) is 2.82. The molecule has 0 radical (unpaired) electrons. The first-order valence-electron chi connectivity index (χ1n) is 6.93. The fourth-order valence-corrected chi connectivity index (χ4v) is 2.74. The predicted molar refractivity (Wildman–Crippen MR) is 82.5 cm³/mol. The average molecular weight is 248 g/mol. The van der Waals surface area contributed by atoms with Gasteiger partial charge in [-0.15, -0.1) is 0 Å². The molecule has 0 aromatic heterocycles. The fraction of sp³-hybridized carbons (Fsp3) is 0.263. The number of benzene rings is 2. The summed E-state index contributed by atoms with van der Waals surface area (Å²) < 4.78 is 0. The second-order valence-electron chi connectivity index (χ2n) is 6.34. The van der Waals surface area contributed by atoms with Crippen LogP contribution in [0.3, 0.4) is 0 Å². The first kappa shape index (κ1) is 12.2. The highest BCUT2D eigenvalue weighted by Gasteiger charge is 2.20. The molecule has 96 valence electrons. The highest BCUT2D eigenvalue weighted by Crippen LogP contribution is 2.36. The monoisotopic (exact) mass is 248 g/mol. The first-order chi connectivity index (χ1) is 9.05. The van der Waals surface area contributed by atoms with Crippen molar-refractivity contribution in [3.63, 3.8) is 0 Å². The van der Waals surface area contributed by atoms with E-state index in [9.17, 15) is 0 Å².